The summed E-state index contributed by atoms with van der Waals surface area (Å²) in [6.45, 7) is 5.92. The molecule has 1 saturated heterocycles. The number of benzene rings is 2. The quantitative estimate of drug-likeness (QED) is 0.331. The van der Waals surface area contributed by atoms with Crippen LogP contribution in [-0.4, -0.2) is 27.0 Å². The van der Waals surface area contributed by atoms with Crippen LogP contribution in [0.5, 0.6) is 0 Å². The normalized spacial score (nSPS) is 18.2. The standard InChI is InChI=1S/C23H20ClN3O3S/c1-12(2)21-25-26-23(31-21)27-18(14-6-4-13(3)5-7-14)17(20(29)22(27)30)19(28)15-8-10-16(24)11-9-15/h4-12,18,28H,1-3H3. The van der Waals surface area contributed by atoms with Gasteiger partial charge in [0.1, 0.15) is 10.8 Å². The number of anilines is 1. The zero-order valence-corrected chi connectivity index (χ0v) is 18.7. The molecule has 6 nitrogen and oxygen atoms in total. The first-order valence-electron chi connectivity index (χ1n) is 9.75. The fourth-order valence-corrected chi connectivity index (χ4v) is 4.41. The number of amides is 1. The van der Waals surface area contributed by atoms with Gasteiger partial charge in [-0.1, -0.05) is 66.6 Å². The molecule has 0 bridgehead atoms. The van der Waals surface area contributed by atoms with Crippen molar-refractivity contribution in [3.63, 3.8) is 0 Å². The summed E-state index contributed by atoms with van der Waals surface area (Å²) in [4.78, 5) is 27.5. The highest BCUT2D eigenvalue weighted by Crippen LogP contribution is 2.43. The maximum Gasteiger partial charge on any atom is 0.301 e. The van der Waals surface area contributed by atoms with E-state index in [9.17, 15) is 14.7 Å². The summed E-state index contributed by atoms with van der Waals surface area (Å²) in [7, 11) is 0. The van der Waals surface area contributed by atoms with Gasteiger partial charge in [0.05, 0.1) is 11.6 Å². The first kappa shape index (κ1) is 21.2. The number of aliphatic hydroxyl groups is 1. The smallest absolute Gasteiger partial charge is 0.301 e. The average Bonchev–Trinajstić information content (AvgIpc) is 3.32. The molecule has 3 aromatic rings. The molecular weight excluding hydrogens is 434 g/mol. The maximum atomic E-state index is 13.1. The molecule has 1 aliphatic rings. The summed E-state index contributed by atoms with van der Waals surface area (Å²) in [5.74, 6) is -1.63. The van der Waals surface area contributed by atoms with Gasteiger partial charge in [-0.3, -0.25) is 14.5 Å². The molecule has 1 amide bonds. The van der Waals surface area contributed by atoms with Crippen molar-refractivity contribution in [2.75, 3.05) is 4.90 Å². The molecule has 1 aliphatic heterocycles. The van der Waals surface area contributed by atoms with Crippen molar-refractivity contribution in [1.82, 2.24) is 10.2 Å². The lowest BCUT2D eigenvalue weighted by atomic mass is 9.95. The van der Waals surface area contributed by atoms with Crippen molar-refractivity contribution in [3.8, 4) is 0 Å². The highest BCUT2D eigenvalue weighted by Gasteiger charge is 2.48. The fourth-order valence-electron chi connectivity index (χ4n) is 3.41. The summed E-state index contributed by atoms with van der Waals surface area (Å²) < 4.78 is 0. The monoisotopic (exact) mass is 453 g/mol. The molecule has 1 N–H and O–H groups in total. The minimum absolute atomic E-state index is 0.0115. The molecule has 2 aromatic carbocycles. The fraction of sp³-hybridized carbons (Fsp3) is 0.217. The van der Waals surface area contributed by atoms with Gasteiger partial charge in [0, 0.05) is 16.5 Å². The van der Waals surface area contributed by atoms with E-state index in [4.69, 9.17) is 11.6 Å². The minimum Gasteiger partial charge on any atom is -0.507 e. The second-order valence-electron chi connectivity index (χ2n) is 7.66. The van der Waals surface area contributed by atoms with Crippen LogP contribution in [0.3, 0.4) is 0 Å². The topological polar surface area (TPSA) is 83.4 Å². The molecule has 0 radical (unpaired) electrons. The molecule has 1 unspecified atom stereocenters. The maximum absolute atomic E-state index is 13.1. The van der Waals surface area contributed by atoms with Crippen molar-refractivity contribution in [3.05, 3.63) is 80.8 Å². The van der Waals surface area contributed by atoms with Crippen molar-refractivity contribution in [2.24, 2.45) is 0 Å². The number of aryl methyl sites for hydroxylation is 1. The Morgan fingerprint density at radius 3 is 2.29 bits per heavy atom. The summed E-state index contributed by atoms with van der Waals surface area (Å²) in [6.07, 6.45) is 0. The Kier molecular flexibility index (Phi) is 5.64. The Morgan fingerprint density at radius 2 is 1.71 bits per heavy atom. The van der Waals surface area contributed by atoms with Crippen LogP contribution < -0.4 is 4.90 Å². The zero-order chi connectivity index (χ0) is 22.3. The van der Waals surface area contributed by atoms with Crippen LogP contribution >= 0.6 is 22.9 Å². The van der Waals surface area contributed by atoms with Crippen LogP contribution in [0, 0.1) is 6.92 Å². The number of hydrogen-bond acceptors (Lipinski definition) is 6. The van der Waals surface area contributed by atoms with Gasteiger partial charge in [-0.25, -0.2) is 0 Å². The summed E-state index contributed by atoms with van der Waals surface area (Å²) in [6, 6.07) is 13.1. The Balaban J connectivity index is 1.91. The molecule has 0 spiro atoms. The summed E-state index contributed by atoms with van der Waals surface area (Å²) in [5.41, 5.74) is 2.15. The van der Waals surface area contributed by atoms with E-state index in [1.54, 1.807) is 24.3 Å². The Morgan fingerprint density at radius 1 is 1.06 bits per heavy atom. The molecule has 4 rings (SSSR count). The van der Waals surface area contributed by atoms with Crippen LogP contribution in [0.25, 0.3) is 5.76 Å². The van der Waals surface area contributed by atoms with E-state index in [1.165, 1.54) is 16.2 Å². The van der Waals surface area contributed by atoms with E-state index in [0.29, 0.717) is 21.3 Å². The van der Waals surface area contributed by atoms with Gasteiger partial charge in [0.25, 0.3) is 5.78 Å². The molecule has 158 valence electrons. The molecule has 31 heavy (non-hydrogen) atoms. The molecule has 2 heterocycles. The van der Waals surface area contributed by atoms with Gasteiger partial charge in [-0.05, 0) is 36.8 Å². The van der Waals surface area contributed by atoms with Gasteiger partial charge in [-0.15, -0.1) is 10.2 Å². The van der Waals surface area contributed by atoms with Crippen LogP contribution in [0.2, 0.25) is 5.02 Å². The van der Waals surface area contributed by atoms with Gasteiger partial charge < -0.3 is 5.11 Å². The largest absolute Gasteiger partial charge is 0.507 e. The Labute approximate surface area is 188 Å². The number of aromatic nitrogens is 2. The number of halogens is 1. The number of hydrogen-bond donors (Lipinski definition) is 1. The SMILES string of the molecule is Cc1ccc(C2C(=C(O)c3ccc(Cl)cc3)C(=O)C(=O)N2c2nnc(C(C)C)s2)cc1. The number of aliphatic hydroxyl groups excluding tert-OH is 1. The van der Waals surface area contributed by atoms with Crippen molar-refractivity contribution in [1.29, 1.82) is 0 Å². The molecule has 0 aliphatic carbocycles. The van der Waals surface area contributed by atoms with Crippen LogP contribution in [-0.2, 0) is 9.59 Å². The lowest BCUT2D eigenvalue weighted by molar-refractivity contribution is -0.132. The van der Waals surface area contributed by atoms with Crippen LogP contribution in [0.15, 0.2) is 54.1 Å². The van der Waals surface area contributed by atoms with Crippen LogP contribution in [0.1, 0.15) is 47.5 Å². The predicted molar refractivity (Wildman–Crippen MR) is 121 cm³/mol. The van der Waals surface area contributed by atoms with E-state index in [-0.39, 0.29) is 17.3 Å². The predicted octanol–water partition coefficient (Wildman–Crippen LogP) is 5.25. The van der Waals surface area contributed by atoms with Gasteiger partial charge >= 0.3 is 5.91 Å². The summed E-state index contributed by atoms with van der Waals surface area (Å²) in [5, 5.41) is 21.0. The third-order valence-corrected chi connectivity index (χ3v) is 6.56. The van der Waals surface area contributed by atoms with E-state index >= 15 is 0 Å². The first-order valence-corrected chi connectivity index (χ1v) is 10.9. The molecular formula is C23H20ClN3O3S. The van der Waals surface area contributed by atoms with Crippen molar-refractivity contribution < 1.29 is 14.7 Å². The number of nitrogens with zero attached hydrogens (tertiary/aromatic N) is 3. The molecule has 1 atom stereocenters. The van der Waals surface area contributed by atoms with E-state index in [2.05, 4.69) is 10.2 Å². The van der Waals surface area contributed by atoms with Gasteiger partial charge in [0.2, 0.25) is 5.13 Å². The minimum atomic E-state index is -0.816. The van der Waals surface area contributed by atoms with E-state index < -0.39 is 17.7 Å². The molecule has 8 heteroatoms. The number of carbonyl (C=O) groups is 2. The van der Waals surface area contributed by atoms with E-state index in [0.717, 1.165) is 10.6 Å². The Hall–Kier alpha value is -3.03. The van der Waals surface area contributed by atoms with Crippen molar-refractivity contribution >= 4 is 45.5 Å². The first-order chi connectivity index (χ1) is 14.8. The molecule has 1 aromatic heterocycles. The third kappa shape index (κ3) is 3.86. The van der Waals surface area contributed by atoms with Crippen LogP contribution in [0.4, 0.5) is 5.13 Å². The highest BCUT2D eigenvalue weighted by molar-refractivity contribution is 7.15. The zero-order valence-electron chi connectivity index (χ0n) is 17.2. The molecule has 1 fully saturated rings. The highest BCUT2D eigenvalue weighted by atomic mass is 35.5. The van der Waals surface area contributed by atoms with Gasteiger partial charge in [-0.2, -0.15) is 0 Å². The molecule has 0 saturated carbocycles. The number of rotatable bonds is 4. The Bertz CT molecular complexity index is 1180. The number of Topliss-reactive ketones (excluding diaryl/α,β-unsaturated/α-hetero) is 1. The summed E-state index contributed by atoms with van der Waals surface area (Å²) >= 11 is 7.22. The average molecular weight is 454 g/mol. The number of carbonyl (C=O) groups excluding carboxylic acids is 2. The van der Waals surface area contributed by atoms with Crippen molar-refractivity contribution in [2.45, 2.75) is 32.7 Å². The second kappa shape index (κ2) is 8.24. The third-order valence-electron chi connectivity index (χ3n) is 5.09. The van der Waals surface area contributed by atoms with Gasteiger partial charge in [0.15, 0.2) is 0 Å². The second-order valence-corrected chi connectivity index (χ2v) is 9.09. The van der Waals surface area contributed by atoms with E-state index in [1.807, 2.05) is 45.0 Å². The lowest BCUT2D eigenvalue weighted by Crippen LogP contribution is -2.29. The number of ketones is 1. The lowest BCUT2D eigenvalue weighted by Gasteiger charge is -2.22.